The van der Waals surface area contributed by atoms with Crippen LogP contribution in [0.2, 0.25) is 0 Å². The molecule has 0 amide bonds. The summed E-state index contributed by atoms with van der Waals surface area (Å²) in [4.78, 5) is 0. The van der Waals surface area contributed by atoms with Crippen molar-refractivity contribution in [1.29, 1.82) is 21.2 Å². The van der Waals surface area contributed by atoms with E-state index in [9.17, 15) is 15.8 Å². The summed E-state index contributed by atoms with van der Waals surface area (Å²) >= 11 is 0. The maximum absolute atomic E-state index is 9.71. The van der Waals surface area contributed by atoms with Gasteiger partial charge in [-0.15, -0.1) is 0 Å². The number of allylic oxidation sites excluding steroid dienone is 2. The Kier molecular flexibility index (Phi) is 6.43. The Labute approximate surface area is 177 Å². The van der Waals surface area contributed by atoms with E-state index in [0.29, 0.717) is 18.1 Å². The molecule has 0 heterocycles. The van der Waals surface area contributed by atoms with Crippen LogP contribution in [-0.4, -0.2) is 19.4 Å². The summed E-state index contributed by atoms with van der Waals surface area (Å²) in [5.74, 6) is 0.461. The minimum atomic E-state index is -1.55. The van der Waals surface area contributed by atoms with E-state index in [1.807, 2.05) is 36.4 Å². The molecule has 1 aromatic rings. The van der Waals surface area contributed by atoms with Gasteiger partial charge in [-0.3, -0.25) is 0 Å². The number of nitrogens with zero attached hydrogens (tertiary/aromatic N) is 3. The Morgan fingerprint density at radius 3 is 2.57 bits per heavy atom. The van der Waals surface area contributed by atoms with E-state index >= 15 is 0 Å². The molecule has 2 aliphatic carbocycles. The van der Waals surface area contributed by atoms with Crippen LogP contribution in [-0.2, 0) is 0 Å². The minimum absolute atomic E-state index is 0.0496. The average Bonchev–Trinajstić information content (AvgIpc) is 2.78. The van der Waals surface area contributed by atoms with E-state index in [0.717, 1.165) is 36.8 Å². The number of hydrogen-bond donors (Lipinski definition) is 1. The van der Waals surface area contributed by atoms with E-state index in [4.69, 9.17) is 14.9 Å². The van der Waals surface area contributed by atoms with Crippen LogP contribution in [0.5, 0.6) is 11.5 Å². The molecule has 0 spiro atoms. The normalized spacial score (nSPS) is 24.4. The summed E-state index contributed by atoms with van der Waals surface area (Å²) in [7, 11) is 1.61. The molecular formula is C24H26N4O2. The number of fused-ring (bicyclic) bond motifs is 1. The zero-order chi connectivity index (χ0) is 21.7. The second kappa shape index (κ2) is 9.02. The minimum Gasteiger partial charge on any atom is -0.493 e. The summed E-state index contributed by atoms with van der Waals surface area (Å²) in [5.41, 5.74) is 0.281. The van der Waals surface area contributed by atoms with Gasteiger partial charge in [0, 0.05) is 0 Å². The van der Waals surface area contributed by atoms with Crippen molar-refractivity contribution in [2.24, 2.45) is 17.3 Å². The zero-order valence-corrected chi connectivity index (χ0v) is 17.4. The summed E-state index contributed by atoms with van der Waals surface area (Å²) in [6.45, 7) is 2.74. The van der Waals surface area contributed by atoms with Crippen LogP contribution in [0.25, 0.3) is 0 Å². The zero-order valence-electron chi connectivity index (χ0n) is 17.4. The first-order chi connectivity index (χ1) is 14.5. The first-order valence-electron chi connectivity index (χ1n) is 10.4. The van der Waals surface area contributed by atoms with Crippen LogP contribution < -0.4 is 9.47 Å². The van der Waals surface area contributed by atoms with Crippen LogP contribution in [0.1, 0.15) is 50.5 Å². The lowest BCUT2D eigenvalue weighted by molar-refractivity contribution is 0.287. The Hall–Kier alpha value is -3.30. The molecule has 2 aliphatic rings. The lowest BCUT2D eigenvalue weighted by atomic mass is 9.57. The van der Waals surface area contributed by atoms with E-state index < -0.39 is 11.3 Å². The van der Waals surface area contributed by atoms with Gasteiger partial charge in [0.2, 0.25) is 0 Å². The first kappa shape index (κ1) is 21.4. The highest BCUT2D eigenvalue weighted by atomic mass is 16.5. The molecule has 6 nitrogen and oxygen atoms in total. The third kappa shape index (κ3) is 3.64. The first-order valence-corrected chi connectivity index (χ1v) is 10.4. The molecule has 3 rings (SSSR count). The van der Waals surface area contributed by atoms with Gasteiger partial charge < -0.3 is 14.9 Å². The highest BCUT2D eigenvalue weighted by Crippen LogP contribution is 2.52. The summed E-state index contributed by atoms with van der Waals surface area (Å²) in [6.07, 6.45) is 5.94. The second-order valence-corrected chi connectivity index (χ2v) is 7.92. The number of methoxy groups -OCH3 is 1. The van der Waals surface area contributed by atoms with Gasteiger partial charge in [-0.05, 0) is 60.8 Å². The largest absolute Gasteiger partial charge is 0.493 e. The van der Waals surface area contributed by atoms with Gasteiger partial charge in [0.25, 0.3) is 0 Å². The lowest BCUT2D eigenvalue weighted by Crippen LogP contribution is -2.44. The third-order valence-electron chi connectivity index (χ3n) is 6.26. The van der Waals surface area contributed by atoms with Crippen molar-refractivity contribution >= 4 is 5.71 Å². The molecule has 0 saturated heterocycles. The Morgan fingerprint density at radius 1 is 1.17 bits per heavy atom. The SMILES string of the molecule is CCCCOc1ccc([C@H]2CCC=C3C(C#N)C(=N)C(C#N)(C#N)C[C@H]32)cc1OC. The van der Waals surface area contributed by atoms with Crippen LogP contribution in [0.3, 0.4) is 0 Å². The molecule has 3 atom stereocenters. The molecule has 1 aromatic carbocycles. The number of rotatable bonds is 6. The summed E-state index contributed by atoms with van der Waals surface area (Å²) < 4.78 is 11.4. The standard InChI is InChI=1S/C24H26N4O2/c1-3-4-10-30-21-9-8-16(11-22(21)29-2)17-6-5-7-18-19(17)12-24(14-26,15-27)23(28)20(18)13-25/h7-9,11,17,19-20,28H,3-6,10,12H2,1-2H3/t17-,19+,20?/m1/s1. The van der Waals surface area contributed by atoms with Crippen LogP contribution >= 0.6 is 0 Å². The van der Waals surface area contributed by atoms with E-state index in [1.54, 1.807) is 7.11 Å². The Bertz CT molecular complexity index is 962. The maximum Gasteiger partial charge on any atom is 0.183 e. The lowest BCUT2D eigenvalue weighted by Gasteiger charge is -2.43. The van der Waals surface area contributed by atoms with Crippen LogP contribution in [0, 0.1) is 56.7 Å². The van der Waals surface area contributed by atoms with Crippen molar-refractivity contribution in [3.8, 4) is 29.7 Å². The number of hydrogen-bond acceptors (Lipinski definition) is 6. The van der Waals surface area contributed by atoms with E-state index in [2.05, 4.69) is 13.0 Å². The van der Waals surface area contributed by atoms with Gasteiger partial charge in [0.05, 0.1) is 37.6 Å². The molecule has 1 unspecified atom stereocenters. The van der Waals surface area contributed by atoms with Crippen molar-refractivity contribution in [2.45, 2.75) is 44.9 Å². The molecular weight excluding hydrogens is 376 g/mol. The third-order valence-corrected chi connectivity index (χ3v) is 6.26. The van der Waals surface area contributed by atoms with Crippen LogP contribution in [0.15, 0.2) is 29.8 Å². The molecule has 6 heteroatoms. The van der Waals surface area contributed by atoms with Crippen molar-refractivity contribution in [2.75, 3.05) is 13.7 Å². The molecule has 1 fully saturated rings. The van der Waals surface area contributed by atoms with E-state index in [-0.39, 0.29) is 24.0 Å². The molecule has 154 valence electrons. The topological polar surface area (TPSA) is 114 Å². The molecule has 0 aromatic heterocycles. The van der Waals surface area contributed by atoms with Crippen molar-refractivity contribution in [3.63, 3.8) is 0 Å². The summed E-state index contributed by atoms with van der Waals surface area (Å²) in [6, 6.07) is 12.1. The quantitative estimate of drug-likeness (QED) is 0.537. The van der Waals surface area contributed by atoms with Gasteiger partial charge in [-0.1, -0.05) is 25.5 Å². The number of ether oxygens (including phenoxy) is 2. The molecule has 0 aliphatic heterocycles. The fourth-order valence-electron chi connectivity index (χ4n) is 4.59. The monoisotopic (exact) mass is 402 g/mol. The van der Waals surface area contributed by atoms with Gasteiger partial charge in [0.15, 0.2) is 16.9 Å². The summed E-state index contributed by atoms with van der Waals surface area (Å²) in [5, 5.41) is 37.5. The predicted octanol–water partition coefficient (Wildman–Crippen LogP) is 4.89. The van der Waals surface area contributed by atoms with E-state index in [1.165, 1.54) is 0 Å². The fraction of sp³-hybridized carbons (Fsp3) is 0.500. The maximum atomic E-state index is 9.71. The average molecular weight is 402 g/mol. The Balaban J connectivity index is 1.97. The number of nitriles is 3. The molecule has 0 radical (unpaired) electrons. The van der Waals surface area contributed by atoms with Crippen molar-refractivity contribution in [1.82, 2.24) is 0 Å². The fourth-order valence-corrected chi connectivity index (χ4v) is 4.59. The van der Waals surface area contributed by atoms with Gasteiger partial charge in [-0.2, -0.15) is 15.8 Å². The number of nitrogens with one attached hydrogen (secondary N) is 1. The molecule has 1 N–H and O–H groups in total. The number of unbranched alkanes of at least 4 members (excludes halogenated alkanes) is 1. The van der Waals surface area contributed by atoms with Gasteiger partial charge in [0.1, 0.15) is 5.92 Å². The molecule has 30 heavy (non-hydrogen) atoms. The van der Waals surface area contributed by atoms with Gasteiger partial charge in [-0.25, -0.2) is 0 Å². The predicted molar refractivity (Wildman–Crippen MR) is 112 cm³/mol. The molecule has 1 saturated carbocycles. The Morgan fingerprint density at radius 2 is 1.93 bits per heavy atom. The molecule has 0 bridgehead atoms. The number of benzene rings is 1. The highest BCUT2D eigenvalue weighted by molar-refractivity contribution is 5.99. The van der Waals surface area contributed by atoms with Gasteiger partial charge >= 0.3 is 0 Å². The van der Waals surface area contributed by atoms with Crippen molar-refractivity contribution < 1.29 is 9.47 Å². The van der Waals surface area contributed by atoms with Crippen LogP contribution in [0.4, 0.5) is 0 Å². The smallest absolute Gasteiger partial charge is 0.183 e. The second-order valence-electron chi connectivity index (χ2n) is 7.92. The van der Waals surface area contributed by atoms with Crippen molar-refractivity contribution in [3.05, 3.63) is 35.4 Å². The highest BCUT2D eigenvalue weighted by Gasteiger charge is 2.51.